The fourth-order valence-corrected chi connectivity index (χ4v) is 1.66. The summed E-state index contributed by atoms with van der Waals surface area (Å²) in [5, 5.41) is 0. The highest BCUT2D eigenvalue weighted by Crippen LogP contribution is 2.30. The van der Waals surface area contributed by atoms with Crippen LogP contribution in [0.4, 0.5) is 13.2 Å². The maximum atomic E-state index is 12.5. The van der Waals surface area contributed by atoms with Crippen molar-refractivity contribution >= 4 is 0 Å². The lowest BCUT2D eigenvalue weighted by atomic mass is 10.0. The van der Waals surface area contributed by atoms with E-state index in [9.17, 15) is 13.2 Å². The van der Waals surface area contributed by atoms with Gasteiger partial charge >= 0.3 is 6.18 Å². The van der Waals surface area contributed by atoms with Crippen LogP contribution in [-0.2, 0) is 12.6 Å². The van der Waals surface area contributed by atoms with E-state index in [1.165, 1.54) is 6.07 Å². The second kappa shape index (κ2) is 4.76. The molecule has 2 aromatic rings. The summed E-state index contributed by atoms with van der Waals surface area (Å²) in [5.74, 6) is 0.598. The minimum atomic E-state index is -4.30. The van der Waals surface area contributed by atoms with Gasteiger partial charge in [-0.3, -0.25) is 0 Å². The van der Waals surface area contributed by atoms with Gasteiger partial charge in [-0.1, -0.05) is 6.07 Å². The van der Waals surface area contributed by atoms with Crippen LogP contribution in [0, 0.1) is 6.92 Å². The molecule has 0 aliphatic carbocycles. The largest absolute Gasteiger partial charge is 0.416 e. The summed E-state index contributed by atoms with van der Waals surface area (Å²) in [6, 6.07) is 5.42. The maximum absolute atomic E-state index is 12.5. The van der Waals surface area contributed by atoms with Gasteiger partial charge in [0.25, 0.3) is 0 Å². The van der Waals surface area contributed by atoms with Crippen LogP contribution in [0.1, 0.15) is 22.5 Å². The minimum Gasteiger partial charge on any atom is -0.241 e. The standard InChI is InChI=1S/C13H11F3N2/c1-9-7-11(13(14,15)16)4-3-10(9)8-12-17-5-2-6-18-12/h2-7H,8H2,1H3. The van der Waals surface area contributed by atoms with Crippen LogP contribution in [-0.4, -0.2) is 9.97 Å². The van der Waals surface area contributed by atoms with E-state index in [2.05, 4.69) is 9.97 Å². The Morgan fingerprint density at radius 2 is 1.78 bits per heavy atom. The number of alkyl halides is 3. The summed E-state index contributed by atoms with van der Waals surface area (Å²) in [4.78, 5) is 8.11. The maximum Gasteiger partial charge on any atom is 0.416 e. The van der Waals surface area contributed by atoms with Crippen molar-refractivity contribution in [1.82, 2.24) is 9.97 Å². The molecule has 1 heterocycles. The van der Waals surface area contributed by atoms with Gasteiger partial charge in [0.1, 0.15) is 5.82 Å². The first-order chi connectivity index (χ1) is 8.47. The highest BCUT2D eigenvalue weighted by molar-refractivity contribution is 5.34. The third-order valence-corrected chi connectivity index (χ3v) is 2.64. The van der Waals surface area contributed by atoms with Gasteiger partial charge < -0.3 is 0 Å². The van der Waals surface area contributed by atoms with Gasteiger partial charge in [-0.2, -0.15) is 13.2 Å². The molecule has 2 rings (SSSR count). The highest BCUT2D eigenvalue weighted by Gasteiger charge is 2.30. The van der Waals surface area contributed by atoms with Crippen molar-refractivity contribution in [3.8, 4) is 0 Å². The topological polar surface area (TPSA) is 25.8 Å². The Bertz CT molecular complexity index is 536. The van der Waals surface area contributed by atoms with Gasteiger partial charge in [0, 0.05) is 18.8 Å². The van der Waals surface area contributed by atoms with Crippen LogP contribution >= 0.6 is 0 Å². The van der Waals surface area contributed by atoms with Crippen LogP contribution in [0.25, 0.3) is 0 Å². The molecule has 0 saturated carbocycles. The van der Waals surface area contributed by atoms with E-state index in [0.717, 1.165) is 17.7 Å². The third-order valence-electron chi connectivity index (χ3n) is 2.64. The van der Waals surface area contributed by atoms with E-state index in [-0.39, 0.29) is 0 Å². The van der Waals surface area contributed by atoms with Crippen molar-refractivity contribution < 1.29 is 13.2 Å². The predicted octanol–water partition coefficient (Wildman–Crippen LogP) is 3.39. The smallest absolute Gasteiger partial charge is 0.241 e. The summed E-state index contributed by atoms with van der Waals surface area (Å²) in [6.07, 6.45) is -0.638. The lowest BCUT2D eigenvalue weighted by Crippen LogP contribution is -2.06. The molecule has 1 aromatic carbocycles. The molecule has 1 aromatic heterocycles. The second-order valence-corrected chi connectivity index (χ2v) is 3.98. The summed E-state index contributed by atoms with van der Waals surface area (Å²) >= 11 is 0. The summed E-state index contributed by atoms with van der Waals surface area (Å²) in [6.45, 7) is 1.66. The van der Waals surface area contributed by atoms with Gasteiger partial charge in [0.15, 0.2) is 0 Å². The molecule has 0 N–H and O–H groups in total. The highest BCUT2D eigenvalue weighted by atomic mass is 19.4. The third kappa shape index (κ3) is 2.85. The predicted molar refractivity (Wildman–Crippen MR) is 61.0 cm³/mol. The van der Waals surface area contributed by atoms with Crippen molar-refractivity contribution in [1.29, 1.82) is 0 Å². The first-order valence-corrected chi connectivity index (χ1v) is 5.39. The van der Waals surface area contributed by atoms with E-state index in [0.29, 0.717) is 17.8 Å². The zero-order chi connectivity index (χ0) is 13.2. The van der Waals surface area contributed by atoms with Crippen molar-refractivity contribution in [2.24, 2.45) is 0 Å². The molecule has 0 bridgehead atoms. The summed E-state index contributed by atoms with van der Waals surface area (Å²) in [7, 11) is 0. The average molecular weight is 252 g/mol. The Morgan fingerprint density at radius 3 is 2.33 bits per heavy atom. The first kappa shape index (κ1) is 12.5. The number of aryl methyl sites for hydroxylation is 1. The van der Waals surface area contributed by atoms with Gasteiger partial charge in [-0.05, 0) is 36.2 Å². The molecule has 0 fully saturated rings. The van der Waals surface area contributed by atoms with E-state index >= 15 is 0 Å². The molecule has 94 valence electrons. The average Bonchev–Trinajstić information content (AvgIpc) is 2.32. The lowest BCUT2D eigenvalue weighted by Gasteiger charge is -2.10. The van der Waals surface area contributed by atoms with E-state index in [1.54, 1.807) is 25.4 Å². The van der Waals surface area contributed by atoms with E-state index in [1.807, 2.05) is 0 Å². The summed E-state index contributed by atoms with van der Waals surface area (Å²) in [5.41, 5.74) is 0.768. The first-order valence-electron chi connectivity index (χ1n) is 5.39. The van der Waals surface area contributed by atoms with Gasteiger partial charge in [0.05, 0.1) is 5.56 Å². The molecule has 0 aliphatic rings. The number of benzene rings is 1. The normalized spacial score (nSPS) is 11.6. The zero-order valence-electron chi connectivity index (χ0n) is 9.70. The van der Waals surface area contributed by atoms with Crippen LogP contribution < -0.4 is 0 Å². The quantitative estimate of drug-likeness (QED) is 0.818. The Kier molecular flexibility index (Phi) is 3.32. The number of halogens is 3. The van der Waals surface area contributed by atoms with Crippen molar-refractivity contribution in [3.05, 3.63) is 59.2 Å². The Hall–Kier alpha value is -1.91. The number of aromatic nitrogens is 2. The van der Waals surface area contributed by atoms with E-state index < -0.39 is 11.7 Å². The Labute approximate surface area is 103 Å². The molecule has 5 heteroatoms. The molecular formula is C13H11F3N2. The van der Waals surface area contributed by atoms with Crippen molar-refractivity contribution in [3.63, 3.8) is 0 Å². The molecule has 0 amide bonds. The van der Waals surface area contributed by atoms with Crippen LogP contribution in [0.5, 0.6) is 0 Å². The number of rotatable bonds is 2. The molecule has 18 heavy (non-hydrogen) atoms. The molecule has 0 saturated heterocycles. The fourth-order valence-electron chi connectivity index (χ4n) is 1.66. The number of hydrogen-bond acceptors (Lipinski definition) is 2. The monoisotopic (exact) mass is 252 g/mol. The molecule has 0 unspecified atom stereocenters. The summed E-state index contributed by atoms with van der Waals surface area (Å²) < 4.78 is 37.5. The van der Waals surface area contributed by atoms with Crippen molar-refractivity contribution in [2.45, 2.75) is 19.5 Å². The van der Waals surface area contributed by atoms with Gasteiger partial charge in [-0.25, -0.2) is 9.97 Å². The van der Waals surface area contributed by atoms with Crippen LogP contribution in [0.2, 0.25) is 0 Å². The van der Waals surface area contributed by atoms with Gasteiger partial charge in [-0.15, -0.1) is 0 Å². The number of nitrogens with zero attached hydrogens (tertiary/aromatic N) is 2. The van der Waals surface area contributed by atoms with Crippen molar-refractivity contribution in [2.75, 3.05) is 0 Å². The molecule has 0 spiro atoms. The molecule has 2 nitrogen and oxygen atoms in total. The second-order valence-electron chi connectivity index (χ2n) is 3.98. The van der Waals surface area contributed by atoms with Gasteiger partial charge in [0.2, 0.25) is 0 Å². The minimum absolute atomic E-state index is 0.435. The Balaban J connectivity index is 2.26. The van der Waals surface area contributed by atoms with E-state index in [4.69, 9.17) is 0 Å². The lowest BCUT2D eigenvalue weighted by molar-refractivity contribution is -0.137. The van der Waals surface area contributed by atoms with Crippen LogP contribution in [0.3, 0.4) is 0 Å². The molecule has 0 aliphatic heterocycles. The fraction of sp³-hybridized carbons (Fsp3) is 0.231. The molecular weight excluding hydrogens is 241 g/mol. The molecule has 0 radical (unpaired) electrons. The SMILES string of the molecule is Cc1cc(C(F)(F)F)ccc1Cc1ncccn1. The number of hydrogen-bond donors (Lipinski definition) is 0. The van der Waals surface area contributed by atoms with Crippen LogP contribution in [0.15, 0.2) is 36.7 Å². The Morgan fingerprint density at radius 1 is 1.11 bits per heavy atom. The zero-order valence-corrected chi connectivity index (χ0v) is 9.70. The molecule has 0 atom stereocenters.